The Morgan fingerprint density at radius 2 is 2.08 bits per heavy atom. The van der Waals surface area contributed by atoms with Crippen LogP contribution in [-0.4, -0.2) is 26.9 Å². The maximum atomic E-state index is 12.6. The number of ether oxygens (including phenoxy) is 1. The molecule has 142 valence electrons. The topological polar surface area (TPSA) is 78.2 Å². The van der Waals surface area contributed by atoms with E-state index in [1.54, 1.807) is 15.9 Å². The van der Waals surface area contributed by atoms with Gasteiger partial charge in [-0.15, -0.1) is 11.3 Å². The third kappa shape index (κ3) is 3.35. The molecule has 0 aromatic carbocycles. The molecule has 2 aromatic rings. The van der Waals surface area contributed by atoms with Crippen molar-refractivity contribution in [1.82, 2.24) is 14.3 Å². The number of aryl methyl sites for hydroxylation is 1. The van der Waals surface area contributed by atoms with E-state index in [4.69, 9.17) is 4.74 Å². The van der Waals surface area contributed by atoms with Crippen molar-refractivity contribution in [2.45, 2.75) is 60.2 Å². The molecule has 2 aromatic heterocycles. The average molecular weight is 378 g/mol. The summed E-state index contributed by atoms with van der Waals surface area (Å²) in [6, 6.07) is 0. The smallest absolute Gasteiger partial charge is 0.346 e. The number of hydrogen-bond donors (Lipinski definition) is 1. The molecular weight excluding hydrogens is 352 g/mol. The predicted octanol–water partition coefficient (Wildman–Crippen LogP) is 2.79. The summed E-state index contributed by atoms with van der Waals surface area (Å²) in [5, 5.41) is 8.17. The third-order valence-corrected chi connectivity index (χ3v) is 6.37. The molecule has 1 fully saturated rings. The first-order chi connectivity index (χ1) is 12.3. The van der Waals surface area contributed by atoms with Crippen LogP contribution in [-0.2, 0) is 22.6 Å². The van der Waals surface area contributed by atoms with Gasteiger partial charge in [0.1, 0.15) is 12.6 Å². The summed E-state index contributed by atoms with van der Waals surface area (Å²) >= 11 is 1.55. The van der Waals surface area contributed by atoms with Crippen LogP contribution in [0.25, 0.3) is 0 Å². The van der Waals surface area contributed by atoms with Crippen molar-refractivity contribution in [3.63, 3.8) is 0 Å². The molecule has 1 aliphatic rings. The molecule has 1 amide bonds. The van der Waals surface area contributed by atoms with Crippen molar-refractivity contribution in [3.05, 3.63) is 32.3 Å². The number of amides is 1. The summed E-state index contributed by atoms with van der Waals surface area (Å²) in [5.74, 6) is 0.683. The molecule has 0 spiro atoms. The number of nitrogens with zero attached hydrogens (tertiary/aromatic N) is 3. The van der Waals surface area contributed by atoms with Crippen LogP contribution in [0.2, 0.25) is 0 Å². The van der Waals surface area contributed by atoms with Crippen LogP contribution in [0.15, 0.2) is 4.79 Å². The molecular formula is C18H26N4O3S. The molecule has 3 heterocycles. The largest absolute Gasteiger partial charge is 0.370 e. The predicted molar refractivity (Wildman–Crippen MR) is 102 cm³/mol. The van der Waals surface area contributed by atoms with E-state index in [1.165, 1.54) is 15.1 Å². The first-order valence-electron chi connectivity index (χ1n) is 8.99. The number of carbonyl (C=O) groups excluding carboxylic acids is 1. The first kappa shape index (κ1) is 18.8. The summed E-state index contributed by atoms with van der Waals surface area (Å²) in [6.45, 7) is 11.1. The monoisotopic (exact) mass is 378 g/mol. The van der Waals surface area contributed by atoms with E-state index >= 15 is 0 Å². The van der Waals surface area contributed by atoms with E-state index in [1.807, 2.05) is 27.7 Å². The molecule has 1 aliphatic heterocycles. The molecule has 0 aliphatic carbocycles. The Hall–Kier alpha value is -1.93. The fourth-order valence-electron chi connectivity index (χ4n) is 3.26. The lowest BCUT2D eigenvalue weighted by Crippen LogP contribution is -2.30. The molecule has 0 radical (unpaired) electrons. The van der Waals surface area contributed by atoms with Gasteiger partial charge in [0.05, 0.1) is 5.00 Å². The molecule has 26 heavy (non-hydrogen) atoms. The van der Waals surface area contributed by atoms with Gasteiger partial charge in [-0.1, -0.05) is 6.92 Å². The first-order valence-corrected chi connectivity index (χ1v) is 9.80. The molecule has 2 atom stereocenters. The zero-order chi connectivity index (χ0) is 19.0. The molecule has 1 N–H and O–H groups in total. The molecule has 8 heteroatoms. The quantitative estimate of drug-likeness (QED) is 0.868. The number of nitrogens with one attached hydrogen (secondary N) is 1. The Kier molecular flexibility index (Phi) is 5.34. The minimum Gasteiger partial charge on any atom is -0.370 e. The van der Waals surface area contributed by atoms with Gasteiger partial charge in [0.2, 0.25) is 5.91 Å². The van der Waals surface area contributed by atoms with Crippen LogP contribution in [0.4, 0.5) is 5.00 Å². The lowest BCUT2D eigenvalue weighted by molar-refractivity contribution is -0.117. The van der Waals surface area contributed by atoms with Gasteiger partial charge in [-0.25, -0.2) is 9.48 Å². The molecule has 1 saturated heterocycles. The third-order valence-electron chi connectivity index (χ3n) is 5.14. The van der Waals surface area contributed by atoms with Crippen LogP contribution in [0.1, 0.15) is 48.2 Å². The number of carbonyl (C=O) groups is 1. The molecule has 0 unspecified atom stereocenters. The molecule has 0 saturated carbocycles. The van der Waals surface area contributed by atoms with Gasteiger partial charge in [0.25, 0.3) is 0 Å². The fourth-order valence-corrected chi connectivity index (χ4v) is 4.34. The fraction of sp³-hybridized carbons (Fsp3) is 0.611. The zero-order valence-electron chi connectivity index (χ0n) is 16.0. The highest BCUT2D eigenvalue weighted by Gasteiger charge is 2.31. The standard InChI is InChI=1S/C18H26N4O3S/c1-6-21-16(15-10(2)7-8-25-15)20-22(18(21)24)9-14(23)19-17-12(4)11(3)13(5)26-17/h10,15H,6-9H2,1-5H3,(H,19,23)/t10-,15+/m1/s1. The lowest BCUT2D eigenvalue weighted by atomic mass is 10.0. The molecule has 3 rings (SSSR count). The minimum atomic E-state index is -0.268. The summed E-state index contributed by atoms with van der Waals surface area (Å²) in [5.41, 5.74) is 1.99. The van der Waals surface area contributed by atoms with Crippen LogP contribution in [0, 0.1) is 26.7 Å². The second kappa shape index (κ2) is 7.36. The lowest BCUT2D eigenvalue weighted by Gasteiger charge is -2.13. The van der Waals surface area contributed by atoms with Crippen molar-refractivity contribution in [1.29, 1.82) is 0 Å². The van der Waals surface area contributed by atoms with Crippen LogP contribution in [0.3, 0.4) is 0 Å². The maximum Gasteiger partial charge on any atom is 0.346 e. The molecule has 0 bridgehead atoms. The highest BCUT2D eigenvalue weighted by Crippen LogP contribution is 2.33. The van der Waals surface area contributed by atoms with E-state index < -0.39 is 0 Å². The van der Waals surface area contributed by atoms with E-state index in [9.17, 15) is 9.59 Å². The minimum absolute atomic E-state index is 0.102. The second-order valence-electron chi connectivity index (χ2n) is 6.89. The number of anilines is 1. The van der Waals surface area contributed by atoms with Crippen LogP contribution >= 0.6 is 11.3 Å². The van der Waals surface area contributed by atoms with E-state index in [0.29, 0.717) is 24.9 Å². The van der Waals surface area contributed by atoms with Gasteiger partial charge in [-0.2, -0.15) is 5.10 Å². The van der Waals surface area contributed by atoms with E-state index in [-0.39, 0.29) is 24.2 Å². The van der Waals surface area contributed by atoms with Gasteiger partial charge in [-0.3, -0.25) is 9.36 Å². The van der Waals surface area contributed by atoms with Gasteiger partial charge in [0, 0.05) is 18.0 Å². The maximum absolute atomic E-state index is 12.6. The number of rotatable bonds is 5. The SMILES string of the molecule is CCn1c([C@H]2OCC[C@H]2C)nn(CC(=O)Nc2sc(C)c(C)c2C)c1=O. The Morgan fingerprint density at radius 1 is 1.35 bits per heavy atom. The number of aromatic nitrogens is 3. The van der Waals surface area contributed by atoms with E-state index in [2.05, 4.69) is 17.3 Å². The Morgan fingerprint density at radius 3 is 2.62 bits per heavy atom. The Bertz CT molecular complexity index is 880. The average Bonchev–Trinajstić information content (AvgIpc) is 3.22. The van der Waals surface area contributed by atoms with Crippen LogP contribution in [0.5, 0.6) is 0 Å². The number of hydrogen-bond acceptors (Lipinski definition) is 5. The van der Waals surface area contributed by atoms with Crippen molar-refractivity contribution in [3.8, 4) is 0 Å². The summed E-state index contributed by atoms with van der Waals surface area (Å²) in [4.78, 5) is 26.3. The van der Waals surface area contributed by atoms with Crippen molar-refractivity contribution >= 4 is 22.2 Å². The summed E-state index contributed by atoms with van der Waals surface area (Å²) in [7, 11) is 0. The van der Waals surface area contributed by atoms with Gasteiger partial charge < -0.3 is 10.1 Å². The zero-order valence-corrected chi connectivity index (χ0v) is 16.8. The summed E-state index contributed by atoms with van der Waals surface area (Å²) < 4.78 is 8.60. The second-order valence-corrected chi connectivity index (χ2v) is 8.11. The van der Waals surface area contributed by atoms with Gasteiger partial charge >= 0.3 is 5.69 Å². The Labute approximate surface area is 157 Å². The molecule has 7 nitrogen and oxygen atoms in total. The highest BCUT2D eigenvalue weighted by molar-refractivity contribution is 7.16. The van der Waals surface area contributed by atoms with Gasteiger partial charge in [-0.05, 0) is 51.2 Å². The Balaban J connectivity index is 1.81. The van der Waals surface area contributed by atoms with E-state index in [0.717, 1.165) is 17.0 Å². The van der Waals surface area contributed by atoms with Gasteiger partial charge in [0.15, 0.2) is 5.82 Å². The van der Waals surface area contributed by atoms with Crippen molar-refractivity contribution < 1.29 is 9.53 Å². The highest BCUT2D eigenvalue weighted by atomic mass is 32.1. The van der Waals surface area contributed by atoms with Crippen molar-refractivity contribution in [2.75, 3.05) is 11.9 Å². The number of thiophene rings is 1. The van der Waals surface area contributed by atoms with Crippen LogP contribution < -0.4 is 11.0 Å². The van der Waals surface area contributed by atoms with Crippen molar-refractivity contribution in [2.24, 2.45) is 5.92 Å². The normalized spacial score (nSPS) is 19.9. The summed E-state index contributed by atoms with van der Waals surface area (Å²) in [6.07, 6.45) is 0.767.